The summed E-state index contributed by atoms with van der Waals surface area (Å²) >= 11 is 5.75. The van der Waals surface area contributed by atoms with E-state index in [-0.39, 0.29) is 24.0 Å². The largest absolute Gasteiger partial charge is 0.491 e. The third-order valence-corrected chi connectivity index (χ3v) is 3.17. The molecular formula is C16H14ClF3O3. The second kappa shape index (κ2) is 7.57. The Morgan fingerprint density at radius 2 is 1.65 bits per heavy atom. The van der Waals surface area contributed by atoms with E-state index >= 15 is 0 Å². The van der Waals surface area contributed by atoms with Crippen LogP contribution in [0.1, 0.15) is 5.56 Å². The molecule has 0 saturated heterocycles. The molecule has 7 heteroatoms. The van der Waals surface area contributed by atoms with Crippen molar-refractivity contribution in [2.24, 2.45) is 0 Å². The summed E-state index contributed by atoms with van der Waals surface area (Å²) in [5.41, 5.74) is -0.859. The molecule has 0 aliphatic carbocycles. The van der Waals surface area contributed by atoms with Crippen molar-refractivity contribution in [2.75, 3.05) is 13.2 Å². The molecule has 2 aromatic carbocycles. The van der Waals surface area contributed by atoms with Crippen molar-refractivity contribution in [3.63, 3.8) is 0 Å². The minimum absolute atomic E-state index is 0.0116. The van der Waals surface area contributed by atoms with Crippen LogP contribution in [-0.4, -0.2) is 24.4 Å². The molecule has 124 valence electrons. The lowest BCUT2D eigenvalue weighted by Crippen LogP contribution is -2.25. The third-order valence-electron chi connectivity index (χ3n) is 2.88. The van der Waals surface area contributed by atoms with Crippen molar-refractivity contribution >= 4 is 11.6 Å². The number of alkyl halides is 3. The average molecular weight is 347 g/mol. The van der Waals surface area contributed by atoms with Gasteiger partial charge in [0.2, 0.25) is 0 Å². The van der Waals surface area contributed by atoms with E-state index < -0.39 is 17.8 Å². The number of rotatable bonds is 6. The lowest BCUT2D eigenvalue weighted by atomic mass is 10.2. The number of aliphatic hydroxyl groups excluding tert-OH is 1. The minimum atomic E-state index is -4.47. The number of aliphatic hydroxyl groups is 1. The number of halogens is 4. The smallest absolute Gasteiger partial charge is 0.416 e. The van der Waals surface area contributed by atoms with Crippen LogP contribution in [0.3, 0.4) is 0 Å². The van der Waals surface area contributed by atoms with Gasteiger partial charge in [-0.15, -0.1) is 0 Å². The second-order valence-electron chi connectivity index (χ2n) is 4.73. The number of hydrogen-bond acceptors (Lipinski definition) is 3. The van der Waals surface area contributed by atoms with Gasteiger partial charge in [-0.2, -0.15) is 13.2 Å². The predicted octanol–water partition coefficient (Wildman–Crippen LogP) is 4.18. The van der Waals surface area contributed by atoms with Gasteiger partial charge < -0.3 is 14.6 Å². The quantitative estimate of drug-likeness (QED) is 0.853. The highest BCUT2D eigenvalue weighted by molar-refractivity contribution is 6.32. The van der Waals surface area contributed by atoms with Crippen molar-refractivity contribution in [2.45, 2.75) is 12.3 Å². The van der Waals surface area contributed by atoms with Crippen LogP contribution in [0.15, 0.2) is 48.5 Å². The van der Waals surface area contributed by atoms with Gasteiger partial charge >= 0.3 is 6.18 Å². The molecule has 0 aromatic heterocycles. The van der Waals surface area contributed by atoms with Crippen LogP contribution in [0.25, 0.3) is 0 Å². The van der Waals surface area contributed by atoms with E-state index in [1.165, 1.54) is 0 Å². The highest BCUT2D eigenvalue weighted by atomic mass is 35.5. The number of hydrogen-bond donors (Lipinski definition) is 1. The summed E-state index contributed by atoms with van der Waals surface area (Å²) in [7, 11) is 0. The fourth-order valence-corrected chi connectivity index (χ4v) is 1.97. The van der Waals surface area contributed by atoms with E-state index in [2.05, 4.69) is 0 Å². The summed E-state index contributed by atoms with van der Waals surface area (Å²) in [5.74, 6) is 0.664. The highest BCUT2D eigenvalue weighted by Crippen LogP contribution is 2.34. The molecule has 1 N–H and O–H groups in total. The van der Waals surface area contributed by atoms with Crippen LogP contribution < -0.4 is 9.47 Å². The Morgan fingerprint density at radius 1 is 1.00 bits per heavy atom. The summed E-state index contributed by atoms with van der Waals surface area (Å²) < 4.78 is 48.1. The zero-order chi connectivity index (χ0) is 16.9. The monoisotopic (exact) mass is 346 g/mol. The first kappa shape index (κ1) is 17.4. The molecule has 2 rings (SSSR count). The van der Waals surface area contributed by atoms with Crippen LogP contribution in [0, 0.1) is 0 Å². The molecule has 0 spiro atoms. The zero-order valence-corrected chi connectivity index (χ0v) is 12.6. The molecule has 0 bridgehead atoms. The van der Waals surface area contributed by atoms with E-state index in [0.717, 1.165) is 18.2 Å². The molecule has 0 radical (unpaired) electrons. The van der Waals surface area contributed by atoms with Gasteiger partial charge in [-0.05, 0) is 30.3 Å². The van der Waals surface area contributed by atoms with Gasteiger partial charge in [-0.3, -0.25) is 0 Å². The average Bonchev–Trinajstić information content (AvgIpc) is 2.51. The highest BCUT2D eigenvalue weighted by Gasteiger charge is 2.31. The standard InChI is InChI=1S/C16H14ClF3O3/c17-14-8-11(16(18,19)20)6-7-15(14)23-10-12(21)9-22-13-4-2-1-3-5-13/h1-8,12,21H,9-10H2. The van der Waals surface area contributed by atoms with E-state index in [1.807, 2.05) is 6.07 Å². The molecule has 23 heavy (non-hydrogen) atoms. The second-order valence-corrected chi connectivity index (χ2v) is 5.14. The van der Waals surface area contributed by atoms with Crippen LogP contribution in [0.4, 0.5) is 13.2 Å². The van der Waals surface area contributed by atoms with Gasteiger partial charge in [0.15, 0.2) is 0 Å². The Kier molecular flexibility index (Phi) is 5.74. The first-order chi connectivity index (χ1) is 10.9. The lowest BCUT2D eigenvalue weighted by Gasteiger charge is -2.15. The zero-order valence-electron chi connectivity index (χ0n) is 11.9. The molecule has 0 fully saturated rings. The molecule has 2 aromatic rings. The molecule has 1 atom stereocenters. The van der Waals surface area contributed by atoms with Gasteiger partial charge in [0, 0.05) is 0 Å². The Hall–Kier alpha value is -1.92. The van der Waals surface area contributed by atoms with Gasteiger partial charge in [0.05, 0.1) is 10.6 Å². The van der Waals surface area contributed by atoms with E-state index in [9.17, 15) is 18.3 Å². The molecule has 1 unspecified atom stereocenters. The molecule has 3 nitrogen and oxygen atoms in total. The normalized spacial score (nSPS) is 12.7. The van der Waals surface area contributed by atoms with E-state index in [4.69, 9.17) is 21.1 Å². The summed E-state index contributed by atoms with van der Waals surface area (Å²) in [6.07, 6.45) is -5.42. The van der Waals surface area contributed by atoms with Crippen molar-refractivity contribution < 1.29 is 27.8 Å². The maximum Gasteiger partial charge on any atom is 0.416 e. The Morgan fingerprint density at radius 3 is 2.26 bits per heavy atom. The van der Waals surface area contributed by atoms with Crippen LogP contribution in [0.2, 0.25) is 5.02 Å². The first-order valence-corrected chi connectivity index (χ1v) is 7.09. The van der Waals surface area contributed by atoms with E-state index in [1.54, 1.807) is 24.3 Å². The Bertz CT molecular complexity index is 632. The molecule has 0 aliphatic heterocycles. The van der Waals surface area contributed by atoms with Gasteiger partial charge in [0.25, 0.3) is 0 Å². The van der Waals surface area contributed by atoms with E-state index in [0.29, 0.717) is 5.75 Å². The summed E-state index contributed by atoms with van der Waals surface area (Å²) in [5, 5.41) is 9.60. The fraction of sp³-hybridized carbons (Fsp3) is 0.250. The molecular weight excluding hydrogens is 333 g/mol. The lowest BCUT2D eigenvalue weighted by molar-refractivity contribution is -0.137. The Balaban J connectivity index is 1.85. The van der Waals surface area contributed by atoms with Crippen LogP contribution in [-0.2, 0) is 6.18 Å². The fourth-order valence-electron chi connectivity index (χ4n) is 1.74. The maximum absolute atomic E-state index is 12.5. The molecule has 0 amide bonds. The minimum Gasteiger partial charge on any atom is -0.491 e. The molecule has 0 saturated carbocycles. The van der Waals surface area contributed by atoms with Gasteiger partial charge in [-0.25, -0.2) is 0 Å². The molecule has 0 heterocycles. The number of ether oxygens (including phenoxy) is 2. The maximum atomic E-state index is 12.5. The topological polar surface area (TPSA) is 38.7 Å². The predicted molar refractivity (Wildman–Crippen MR) is 79.9 cm³/mol. The van der Waals surface area contributed by atoms with Gasteiger partial charge in [-0.1, -0.05) is 29.8 Å². The van der Waals surface area contributed by atoms with Crippen molar-refractivity contribution in [1.29, 1.82) is 0 Å². The summed E-state index contributed by atoms with van der Waals surface area (Å²) in [6, 6.07) is 11.7. The van der Waals surface area contributed by atoms with Crippen molar-refractivity contribution in [3.8, 4) is 11.5 Å². The van der Waals surface area contributed by atoms with Crippen molar-refractivity contribution in [1.82, 2.24) is 0 Å². The number of benzene rings is 2. The van der Waals surface area contributed by atoms with Crippen LogP contribution >= 0.6 is 11.6 Å². The summed E-state index contributed by atoms with van der Waals surface area (Å²) in [4.78, 5) is 0. The number of para-hydroxylation sites is 1. The van der Waals surface area contributed by atoms with Gasteiger partial charge in [0.1, 0.15) is 30.8 Å². The third kappa shape index (κ3) is 5.33. The Labute approximate surface area is 136 Å². The first-order valence-electron chi connectivity index (χ1n) is 6.71. The molecule has 0 aliphatic rings. The summed E-state index contributed by atoms with van der Waals surface area (Å²) in [6.45, 7) is -0.166. The van der Waals surface area contributed by atoms with Crippen LogP contribution in [0.5, 0.6) is 11.5 Å². The van der Waals surface area contributed by atoms with Crippen molar-refractivity contribution in [3.05, 3.63) is 59.1 Å². The SMILES string of the molecule is OC(COc1ccccc1)COc1ccc(C(F)(F)F)cc1Cl.